The maximum absolute atomic E-state index is 5.00. The summed E-state index contributed by atoms with van der Waals surface area (Å²) in [5, 5.41) is 10.0. The summed E-state index contributed by atoms with van der Waals surface area (Å²) >= 11 is 0. The fourth-order valence-electron chi connectivity index (χ4n) is 1.38. The summed E-state index contributed by atoms with van der Waals surface area (Å²) in [7, 11) is 0. The minimum atomic E-state index is 0.449. The van der Waals surface area contributed by atoms with Crippen LogP contribution in [0.5, 0.6) is 0 Å². The number of aryl methyl sites for hydroxylation is 1. The maximum atomic E-state index is 5.00. The van der Waals surface area contributed by atoms with Gasteiger partial charge in [0.1, 0.15) is 18.0 Å². The van der Waals surface area contributed by atoms with Gasteiger partial charge < -0.3 is 15.2 Å². The predicted octanol–water partition coefficient (Wildman–Crippen LogP) is 1.60. The van der Waals surface area contributed by atoms with Gasteiger partial charge >= 0.3 is 0 Å². The van der Waals surface area contributed by atoms with Crippen molar-refractivity contribution in [2.24, 2.45) is 0 Å². The van der Waals surface area contributed by atoms with Crippen LogP contribution in [-0.2, 0) is 6.54 Å². The fourth-order valence-corrected chi connectivity index (χ4v) is 1.38. The van der Waals surface area contributed by atoms with Crippen LogP contribution in [0.2, 0.25) is 0 Å². The molecule has 0 saturated heterocycles. The Morgan fingerprint density at radius 2 is 2.00 bits per heavy atom. The van der Waals surface area contributed by atoms with Crippen LogP contribution in [0.1, 0.15) is 25.1 Å². The van der Waals surface area contributed by atoms with E-state index in [2.05, 4.69) is 37.7 Å². The van der Waals surface area contributed by atoms with E-state index >= 15 is 0 Å². The number of anilines is 2. The van der Waals surface area contributed by atoms with E-state index in [4.69, 9.17) is 4.52 Å². The molecule has 0 atom stereocenters. The van der Waals surface area contributed by atoms with Gasteiger partial charge in [-0.1, -0.05) is 12.1 Å². The van der Waals surface area contributed by atoms with Crippen LogP contribution in [0, 0.1) is 6.92 Å². The largest absolute Gasteiger partial charge is 0.370 e. The molecule has 18 heavy (non-hydrogen) atoms. The molecule has 0 radical (unpaired) electrons. The zero-order chi connectivity index (χ0) is 12.8. The Balaban J connectivity index is 1.92. The Hall–Kier alpha value is -2.18. The summed E-state index contributed by atoms with van der Waals surface area (Å²) in [6.07, 6.45) is 2.56. The highest BCUT2D eigenvalue weighted by Crippen LogP contribution is 2.09. The summed E-state index contributed by atoms with van der Waals surface area (Å²) in [4.78, 5) is 12.3. The molecule has 0 unspecified atom stereocenters. The van der Waals surface area contributed by atoms with Crippen LogP contribution < -0.4 is 10.6 Å². The second kappa shape index (κ2) is 5.95. The Morgan fingerprint density at radius 1 is 1.22 bits per heavy atom. The van der Waals surface area contributed by atoms with Crippen LogP contribution in [-0.4, -0.2) is 26.7 Å². The number of aromatic nitrogens is 4. The van der Waals surface area contributed by atoms with Crippen molar-refractivity contribution in [2.75, 3.05) is 17.2 Å². The van der Waals surface area contributed by atoms with Crippen molar-refractivity contribution in [1.29, 1.82) is 0 Å². The van der Waals surface area contributed by atoms with Crippen LogP contribution in [0.3, 0.4) is 0 Å². The summed E-state index contributed by atoms with van der Waals surface area (Å²) in [5.74, 6) is 2.68. The van der Waals surface area contributed by atoms with Gasteiger partial charge in [0.15, 0.2) is 5.82 Å². The van der Waals surface area contributed by atoms with Crippen LogP contribution in [0.15, 0.2) is 16.9 Å². The number of hydrogen-bond acceptors (Lipinski definition) is 7. The van der Waals surface area contributed by atoms with Gasteiger partial charge in [-0.25, -0.2) is 9.97 Å². The molecule has 2 rings (SSSR count). The third-order valence-electron chi connectivity index (χ3n) is 2.21. The lowest BCUT2D eigenvalue weighted by Crippen LogP contribution is -2.05. The average Bonchev–Trinajstić information content (AvgIpc) is 2.80. The molecule has 0 spiro atoms. The molecule has 0 saturated carbocycles. The summed E-state index contributed by atoms with van der Waals surface area (Å²) < 4.78 is 5.00. The summed E-state index contributed by atoms with van der Waals surface area (Å²) in [6, 6.07) is 1.85. The normalized spacial score (nSPS) is 10.3. The van der Waals surface area contributed by atoms with Crippen molar-refractivity contribution in [1.82, 2.24) is 20.1 Å². The van der Waals surface area contributed by atoms with E-state index in [1.807, 2.05) is 6.07 Å². The highest BCUT2D eigenvalue weighted by atomic mass is 16.5. The zero-order valence-electron chi connectivity index (χ0n) is 10.5. The van der Waals surface area contributed by atoms with Crippen molar-refractivity contribution >= 4 is 11.6 Å². The number of rotatable bonds is 6. The maximum Gasteiger partial charge on any atom is 0.245 e. The minimum Gasteiger partial charge on any atom is -0.370 e. The molecule has 7 nitrogen and oxygen atoms in total. The van der Waals surface area contributed by atoms with Gasteiger partial charge in [-0.2, -0.15) is 4.98 Å². The first-order valence-corrected chi connectivity index (χ1v) is 5.87. The monoisotopic (exact) mass is 248 g/mol. The highest BCUT2D eigenvalue weighted by molar-refractivity contribution is 5.46. The van der Waals surface area contributed by atoms with E-state index in [9.17, 15) is 0 Å². The molecular weight excluding hydrogens is 232 g/mol. The number of hydrogen-bond donors (Lipinski definition) is 2. The predicted molar refractivity (Wildman–Crippen MR) is 67.2 cm³/mol. The van der Waals surface area contributed by atoms with E-state index in [1.54, 1.807) is 6.92 Å². The second-order valence-corrected chi connectivity index (χ2v) is 3.80. The van der Waals surface area contributed by atoms with Gasteiger partial charge in [0.2, 0.25) is 5.89 Å². The van der Waals surface area contributed by atoms with Crippen molar-refractivity contribution in [3.05, 3.63) is 24.1 Å². The Bertz CT molecular complexity index is 498. The second-order valence-electron chi connectivity index (χ2n) is 3.80. The topological polar surface area (TPSA) is 88.8 Å². The van der Waals surface area contributed by atoms with Crippen molar-refractivity contribution in [3.63, 3.8) is 0 Å². The quantitative estimate of drug-likeness (QED) is 0.802. The number of nitrogens with zero attached hydrogens (tertiary/aromatic N) is 4. The molecule has 2 aromatic rings. The fraction of sp³-hybridized carbons (Fsp3) is 0.455. The Labute approximate surface area is 105 Å². The molecular formula is C11H16N6O. The standard InChI is InChI=1S/C11H16N6O/c1-3-4-12-9-5-10(15-7-14-9)13-6-11-16-8(2)17-18-11/h5,7H,3-4,6H2,1-2H3,(H2,12,13,14,15). The molecule has 0 fully saturated rings. The third kappa shape index (κ3) is 3.41. The molecule has 0 aliphatic heterocycles. The molecule has 2 heterocycles. The van der Waals surface area contributed by atoms with E-state index in [1.165, 1.54) is 6.33 Å². The van der Waals surface area contributed by atoms with Gasteiger partial charge in [0.25, 0.3) is 0 Å². The third-order valence-corrected chi connectivity index (χ3v) is 2.21. The molecule has 0 aromatic carbocycles. The number of nitrogens with one attached hydrogen (secondary N) is 2. The van der Waals surface area contributed by atoms with Crippen LogP contribution in [0.25, 0.3) is 0 Å². The first-order chi connectivity index (χ1) is 8.78. The van der Waals surface area contributed by atoms with Crippen molar-refractivity contribution in [2.45, 2.75) is 26.8 Å². The lowest BCUT2D eigenvalue weighted by atomic mass is 10.4. The van der Waals surface area contributed by atoms with E-state index in [0.717, 1.165) is 24.6 Å². The summed E-state index contributed by atoms with van der Waals surface area (Å²) in [6.45, 7) is 5.22. The smallest absolute Gasteiger partial charge is 0.245 e. The van der Waals surface area contributed by atoms with Crippen molar-refractivity contribution in [3.8, 4) is 0 Å². The molecule has 0 aliphatic rings. The van der Waals surface area contributed by atoms with E-state index in [-0.39, 0.29) is 0 Å². The zero-order valence-corrected chi connectivity index (χ0v) is 10.5. The first kappa shape index (κ1) is 12.3. The molecule has 0 aliphatic carbocycles. The molecule has 2 N–H and O–H groups in total. The van der Waals surface area contributed by atoms with Crippen LogP contribution >= 0.6 is 0 Å². The van der Waals surface area contributed by atoms with Gasteiger partial charge in [-0.15, -0.1) is 0 Å². The van der Waals surface area contributed by atoms with Gasteiger partial charge in [0, 0.05) is 12.6 Å². The molecule has 7 heteroatoms. The van der Waals surface area contributed by atoms with Gasteiger partial charge in [-0.3, -0.25) is 0 Å². The van der Waals surface area contributed by atoms with Crippen LogP contribution in [0.4, 0.5) is 11.6 Å². The molecule has 2 aromatic heterocycles. The average molecular weight is 248 g/mol. The lowest BCUT2D eigenvalue weighted by Gasteiger charge is -2.06. The molecule has 0 bridgehead atoms. The first-order valence-electron chi connectivity index (χ1n) is 5.87. The molecule has 0 amide bonds. The summed E-state index contributed by atoms with van der Waals surface area (Å²) in [5.41, 5.74) is 0. The molecule has 96 valence electrons. The van der Waals surface area contributed by atoms with Crippen molar-refractivity contribution < 1.29 is 4.52 Å². The van der Waals surface area contributed by atoms with Gasteiger partial charge in [0.05, 0.1) is 6.54 Å². The lowest BCUT2D eigenvalue weighted by molar-refractivity contribution is 0.379. The van der Waals surface area contributed by atoms with E-state index in [0.29, 0.717) is 18.3 Å². The Morgan fingerprint density at radius 3 is 2.67 bits per heavy atom. The minimum absolute atomic E-state index is 0.449. The highest BCUT2D eigenvalue weighted by Gasteiger charge is 2.03. The van der Waals surface area contributed by atoms with Gasteiger partial charge in [-0.05, 0) is 13.3 Å². The Kier molecular flexibility index (Phi) is 4.06. The van der Waals surface area contributed by atoms with E-state index < -0.39 is 0 Å². The SMILES string of the molecule is CCCNc1cc(NCc2nc(C)no2)ncn1.